The molecule has 1 aliphatic carbocycles. The van der Waals surface area contributed by atoms with Crippen LogP contribution in [-0.4, -0.2) is 62.4 Å². The fraction of sp³-hybridized carbons (Fsp3) is 0.800. The molecule has 0 saturated heterocycles. The summed E-state index contributed by atoms with van der Waals surface area (Å²) in [6.45, 7) is 2.84. The number of carbonyl (C=O) groups is 2. The van der Waals surface area contributed by atoms with Gasteiger partial charge in [-0.1, -0.05) is 19.3 Å². The van der Waals surface area contributed by atoms with Crippen molar-refractivity contribution in [2.24, 2.45) is 4.99 Å². The summed E-state index contributed by atoms with van der Waals surface area (Å²) in [5.74, 6) is 0.372. The number of guanidine groups is 1. The van der Waals surface area contributed by atoms with E-state index in [1.165, 1.54) is 24.2 Å². The largest absolute Gasteiger partial charge is 0.357 e. The van der Waals surface area contributed by atoms with Crippen molar-refractivity contribution in [3.63, 3.8) is 0 Å². The summed E-state index contributed by atoms with van der Waals surface area (Å²) in [5.41, 5.74) is 0. The lowest BCUT2D eigenvalue weighted by Gasteiger charge is -2.22. The van der Waals surface area contributed by atoms with Gasteiger partial charge in [-0.2, -0.15) is 0 Å². The van der Waals surface area contributed by atoms with Crippen molar-refractivity contribution >= 4 is 17.8 Å². The number of hydrogen-bond donors (Lipinski definition) is 3. The maximum atomic E-state index is 11.9. The number of amides is 2. The Bertz CT molecular complexity index is 389. The highest BCUT2D eigenvalue weighted by atomic mass is 16.2. The molecule has 3 N–H and O–H groups in total. The number of nitrogens with one attached hydrogen (secondary N) is 3. The van der Waals surface area contributed by atoms with Crippen LogP contribution in [0.1, 0.15) is 39.0 Å². The second-order valence-electron chi connectivity index (χ2n) is 5.74. The van der Waals surface area contributed by atoms with Gasteiger partial charge in [-0.25, -0.2) is 4.99 Å². The van der Waals surface area contributed by atoms with Gasteiger partial charge < -0.3 is 20.9 Å². The van der Waals surface area contributed by atoms with Crippen molar-refractivity contribution in [1.82, 2.24) is 20.9 Å². The number of aliphatic imine (C=N–C) groups is 1. The van der Waals surface area contributed by atoms with Crippen molar-refractivity contribution in [2.75, 3.05) is 33.7 Å². The van der Waals surface area contributed by atoms with Crippen LogP contribution in [0.5, 0.6) is 0 Å². The lowest BCUT2D eigenvalue weighted by atomic mass is 9.95. The van der Waals surface area contributed by atoms with Crippen molar-refractivity contribution in [1.29, 1.82) is 0 Å². The monoisotopic (exact) mass is 311 g/mol. The third-order valence-corrected chi connectivity index (χ3v) is 3.60. The highest BCUT2D eigenvalue weighted by Crippen LogP contribution is 2.17. The van der Waals surface area contributed by atoms with E-state index in [-0.39, 0.29) is 24.9 Å². The molecule has 7 heteroatoms. The fourth-order valence-corrected chi connectivity index (χ4v) is 2.33. The molecule has 1 fully saturated rings. The van der Waals surface area contributed by atoms with Gasteiger partial charge in [0.05, 0.1) is 6.54 Å². The molecular weight excluding hydrogens is 282 g/mol. The number of hydrogen-bond acceptors (Lipinski definition) is 3. The van der Waals surface area contributed by atoms with Crippen LogP contribution < -0.4 is 16.0 Å². The van der Waals surface area contributed by atoms with E-state index >= 15 is 0 Å². The summed E-state index contributed by atoms with van der Waals surface area (Å²) >= 11 is 0. The summed E-state index contributed by atoms with van der Waals surface area (Å²) in [7, 11) is 3.40. The standard InChI is InChI=1S/C15H29N5O2/c1-4-16-15(18-11-14(22)20(2)3)17-10-13(21)19-12-8-6-5-7-9-12/h12H,4-11H2,1-3H3,(H,19,21)(H2,16,17,18). The van der Waals surface area contributed by atoms with Gasteiger partial charge in [0.25, 0.3) is 0 Å². The minimum absolute atomic E-state index is 0.0442. The average molecular weight is 311 g/mol. The molecule has 22 heavy (non-hydrogen) atoms. The molecule has 0 spiro atoms. The third kappa shape index (κ3) is 7.28. The van der Waals surface area contributed by atoms with Crippen LogP contribution in [0, 0.1) is 0 Å². The first-order valence-corrected chi connectivity index (χ1v) is 8.04. The van der Waals surface area contributed by atoms with Crippen LogP contribution in [0.3, 0.4) is 0 Å². The molecule has 0 aromatic carbocycles. The predicted molar refractivity (Wildman–Crippen MR) is 87.7 cm³/mol. The Hall–Kier alpha value is -1.79. The van der Waals surface area contributed by atoms with Crippen LogP contribution in [0.15, 0.2) is 4.99 Å². The zero-order chi connectivity index (χ0) is 16.4. The zero-order valence-electron chi connectivity index (χ0n) is 13.9. The molecule has 1 rings (SSSR count). The Balaban J connectivity index is 2.39. The first-order valence-electron chi connectivity index (χ1n) is 8.04. The van der Waals surface area contributed by atoms with Crippen molar-refractivity contribution in [3.8, 4) is 0 Å². The van der Waals surface area contributed by atoms with Crippen molar-refractivity contribution in [3.05, 3.63) is 0 Å². The van der Waals surface area contributed by atoms with Crippen LogP contribution in [0.2, 0.25) is 0 Å². The topological polar surface area (TPSA) is 85.8 Å². The Morgan fingerprint density at radius 1 is 1.14 bits per heavy atom. The van der Waals surface area contributed by atoms with Crippen LogP contribution >= 0.6 is 0 Å². The molecular formula is C15H29N5O2. The van der Waals surface area contributed by atoms with Gasteiger partial charge in [0.1, 0.15) is 6.54 Å². The molecule has 126 valence electrons. The van der Waals surface area contributed by atoms with Crippen LogP contribution in [0.25, 0.3) is 0 Å². The second kappa shape index (κ2) is 10.0. The van der Waals surface area contributed by atoms with E-state index in [0.717, 1.165) is 12.8 Å². The summed E-state index contributed by atoms with van der Waals surface area (Å²) in [4.78, 5) is 29.2. The van der Waals surface area contributed by atoms with Gasteiger partial charge in [-0.15, -0.1) is 0 Å². The first-order chi connectivity index (χ1) is 10.5. The molecule has 7 nitrogen and oxygen atoms in total. The summed E-state index contributed by atoms with van der Waals surface area (Å²) < 4.78 is 0. The normalized spacial score (nSPS) is 16.0. The molecule has 0 unspecified atom stereocenters. The molecule has 0 aromatic heterocycles. The van der Waals surface area contributed by atoms with Crippen LogP contribution in [-0.2, 0) is 9.59 Å². The summed E-state index contributed by atoms with van der Waals surface area (Å²) in [6, 6.07) is 0.294. The number of nitrogens with zero attached hydrogens (tertiary/aromatic N) is 2. The van der Waals surface area contributed by atoms with E-state index in [1.54, 1.807) is 14.1 Å². The third-order valence-electron chi connectivity index (χ3n) is 3.60. The highest BCUT2D eigenvalue weighted by Gasteiger charge is 2.15. The molecule has 0 radical (unpaired) electrons. The summed E-state index contributed by atoms with van der Waals surface area (Å²) in [5, 5.41) is 8.98. The minimum Gasteiger partial charge on any atom is -0.357 e. The van der Waals surface area contributed by atoms with Gasteiger partial charge in [0.2, 0.25) is 11.8 Å². The molecule has 0 bridgehead atoms. The van der Waals surface area contributed by atoms with E-state index in [9.17, 15) is 9.59 Å². The molecule has 0 heterocycles. The maximum absolute atomic E-state index is 11.9. The molecule has 0 aliphatic heterocycles. The lowest BCUT2D eigenvalue weighted by Crippen LogP contribution is -2.44. The van der Waals surface area contributed by atoms with E-state index in [0.29, 0.717) is 18.5 Å². The summed E-state index contributed by atoms with van der Waals surface area (Å²) in [6.07, 6.45) is 5.76. The van der Waals surface area contributed by atoms with Gasteiger partial charge in [-0.05, 0) is 19.8 Å². The van der Waals surface area contributed by atoms with Gasteiger partial charge in [0, 0.05) is 26.7 Å². The minimum atomic E-state index is -0.0666. The van der Waals surface area contributed by atoms with Crippen molar-refractivity contribution in [2.45, 2.75) is 45.1 Å². The van der Waals surface area contributed by atoms with E-state index in [4.69, 9.17) is 0 Å². The van der Waals surface area contributed by atoms with E-state index in [1.807, 2.05) is 6.92 Å². The first kappa shape index (κ1) is 18.3. The Labute approximate surface area is 132 Å². The van der Waals surface area contributed by atoms with E-state index < -0.39 is 0 Å². The number of rotatable bonds is 6. The maximum Gasteiger partial charge on any atom is 0.242 e. The zero-order valence-corrected chi connectivity index (χ0v) is 13.9. The smallest absolute Gasteiger partial charge is 0.242 e. The van der Waals surface area contributed by atoms with Gasteiger partial charge >= 0.3 is 0 Å². The Kier molecular flexibility index (Phi) is 8.32. The predicted octanol–water partition coefficient (Wildman–Crippen LogP) is 0.0786. The molecule has 1 saturated carbocycles. The highest BCUT2D eigenvalue weighted by molar-refractivity contribution is 5.88. The molecule has 0 aromatic rings. The van der Waals surface area contributed by atoms with Crippen molar-refractivity contribution < 1.29 is 9.59 Å². The molecule has 2 amide bonds. The van der Waals surface area contributed by atoms with Gasteiger partial charge in [0.15, 0.2) is 5.96 Å². The number of likely N-dealkylation sites (N-methyl/N-ethyl adjacent to an activating group) is 1. The molecule has 0 atom stereocenters. The fourth-order valence-electron chi connectivity index (χ4n) is 2.33. The quantitative estimate of drug-likeness (QED) is 0.479. The number of carbonyl (C=O) groups excluding carboxylic acids is 2. The second-order valence-corrected chi connectivity index (χ2v) is 5.74. The Morgan fingerprint density at radius 2 is 1.82 bits per heavy atom. The van der Waals surface area contributed by atoms with Gasteiger partial charge in [-0.3, -0.25) is 9.59 Å². The lowest BCUT2D eigenvalue weighted by molar-refractivity contribution is -0.127. The molecule has 1 aliphatic rings. The average Bonchev–Trinajstić information content (AvgIpc) is 2.50. The SMILES string of the molecule is CCNC(=NCC(=O)NC1CCCCC1)NCC(=O)N(C)C. The van der Waals surface area contributed by atoms with Crippen LogP contribution in [0.4, 0.5) is 0 Å². The van der Waals surface area contributed by atoms with E-state index in [2.05, 4.69) is 20.9 Å². The Morgan fingerprint density at radius 3 is 2.41 bits per heavy atom.